The molecule has 2 aliphatic rings. The van der Waals surface area contributed by atoms with Crippen LogP contribution < -0.4 is 5.32 Å². The molecule has 1 aliphatic heterocycles. The summed E-state index contributed by atoms with van der Waals surface area (Å²) >= 11 is 0. The molecule has 1 aliphatic carbocycles. The summed E-state index contributed by atoms with van der Waals surface area (Å²) < 4.78 is 0. The molecule has 0 aromatic heterocycles. The van der Waals surface area contributed by atoms with Crippen molar-refractivity contribution in [2.75, 3.05) is 19.6 Å². The highest BCUT2D eigenvalue weighted by atomic mass is 15.2. The van der Waals surface area contributed by atoms with Crippen LogP contribution >= 0.6 is 0 Å². The lowest BCUT2D eigenvalue weighted by Crippen LogP contribution is -2.53. The van der Waals surface area contributed by atoms with Crippen molar-refractivity contribution in [1.82, 2.24) is 10.2 Å². The van der Waals surface area contributed by atoms with E-state index in [9.17, 15) is 0 Å². The van der Waals surface area contributed by atoms with Crippen LogP contribution in [0.2, 0.25) is 0 Å². The van der Waals surface area contributed by atoms with Crippen LogP contribution in [0.25, 0.3) is 0 Å². The molecule has 2 atom stereocenters. The second kappa shape index (κ2) is 6.73. The Hall–Kier alpha value is -0.860. The molecular weight excluding hydrogens is 244 g/mol. The third kappa shape index (κ3) is 3.24. The minimum absolute atomic E-state index is 0.514. The van der Waals surface area contributed by atoms with Crippen LogP contribution in [0.1, 0.15) is 50.6 Å². The molecule has 0 amide bonds. The summed E-state index contributed by atoms with van der Waals surface area (Å²) in [5.74, 6) is 0.957. The zero-order valence-electron chi connectivity index (χ0n) is 12.7. The van der Waals surface area contributed by atoms with Gasteiger partial charge in [0, 0.05) is 31.7 Å². The van der Waals surface area contributed by atoms with Gasteiger partial charge in [0.15, 0.2) is 0 Å². The summed E-state index contributed by atoms with van der Waals surface area (Å²) in [6, 6.07) is 12.2. The van der Waals surface area contributed by atoms with Crippen molar-refractivity contribution in [2.24, 2.45) is 5.92 Å². The number of hydrogen-bond acceptors (Lipinski definition) is 2. The Morgan fingerprint density at radius 1 is 1.15 bits per heavy atom. The lowest BCUT2D eigenvalue weighted by atomic mass is 9.98. The van der Waals surface area contributed by atoms with E-state index in [4.69, 9.17) is 0 Å². The monoisotopic (exact) mass is 272 g/mol. The Kier molecular flexibility index (Phi) is 4.74. The quantitative estimate of drug-likeness (QED) is 0.901. The number of nitrogens with one attached hydrogen (secondary N) is 1. The first-order chi connectivity index (χ1) is 9.86. The van der Waals surface area contributed by atoms with E-state index < -0.39 is 0 Å². The average molecular weight is 272 g/mol. The SMILES string of the molecule is CCC1CNC(c2ccccc2)CN1CC1CCCC1. The minimum atomic E-state index is 0.514. The molecule has 2 fully saturated rings. The second-order valence-electron chi connectivity index (χ2n) is 6.54. The summed E-state index contributed by atoms with van der Waals surface area (Å²) in [7, 11) is 0. The molecule has 0 bridgehead atoms. The first-order valence-corrected chi connectivity index (χ1v) is 8.39. The van der Waals surface area contributed by atoms with Gasteiger partial charge in [-0.05, 0) is 30.7 Å². The maximum absolute atomic E-state index is 3.75. The van der Waals surface area contributed by atoms with Gasteiger partial charge in [0.1, 0.15) is 0 Å². The van der Waals surface area contributed by atoms with Crippen LogP contribution in [0.5, 0.6) is 0 Å². The van der Waals surface area contributed by atoms with E-state index in [0.29, 0.717) is 6.04 Å². The van der Waals surface area contributed by atoms with E-state index in [1.807, 2.05) is 0 Å². The zero-order chi connectivity index (χ0) is 13.8. The van der Waals surface area contributed by atoms with Crippen molar-refractivity contribution in [1.29, 1.82) is 0 Å². The van der Waals surface area contributed by atoms with Crippen molar-refractivity contribution in [3.63, 3.8) is 0 Å². The normalized spacial score (nSPS) is 28.9. The highest BCUT2D eigenvalue weighted by Gasteiger charge is 2.29. The number of nitrogens with zero attached hydrogens (tertiary/aromatic N) is 1. The molecule has 0 spiro atoms. The lowest BCUT2D eigenvalue weighted by Gasteiger charge is -2.41. The van der Waals surface area contributed by atoms with E-state index in [1.165, 1.54) is 50.8 Å². The zero-order valence-corrected chi connectivity index (χ0v) is 12.7. The average Bonchev–Trinajstić information content (AvgIpc) is 3.01. The Bertz CT molecular complexity index is 397. The summed E-state index contributed by atoms with van der Waals surface area (Å²) in [5.41, 5.74) is 1.44. The molecule has 1 aromatic carbocycles. The molecule has 2 unspecified atom stereocenters. The van der Waals surface area contributed by atoms with Gasteiger partial charge >= 0.3 is 0 Å². The van der Waals surface area contributed by atoms with Crippen LogP contribution in [-0.4, -0.2) is 30.6 Å². The van der Waals surface area contributed by atoms with Gasteiger partial charge in [0.25, 0.3) is 0 Å². The summed E-state index contributed by atoms with van der Waals surface area (Å²) in [6.45, 7) is 5.97. The molecule has 1 heterocycles. The Balaban J connectivity index is 1.65. The predicted molar refractivity (Wildman–Crippen MR) is 84.8 cm³/mol. The standard InChI is InChI=1S/C18H28N2/c1-2-17-12-19-18(16-10-4-3-5-11-16)14-20(17)13-15-8-6-7-9-15/h3-5,10-11,15,17-19H,2,6-9,12-14H2,1H3. The third-order valence-corrected chi connectivity index (χ3v) is 5.17. The van der Waals surface area contributed by atoms with E-state index in [2.05, 4.69) is 47.5 Å². The molecule has 2 nitrogen and oxygen atoms in total. The molecule has 1 aromatic rings. The van der Waals surface area contributed by atoms with Gasteiger partial charge in [-0.3, -0.25) is 4.90 Å². The lowest BCUT2D eigenvalue weighted by molar-refractivity contribution is 0.107. The van der Waals surface area contributed by atoms with Crippen LogP contribution in [0.15, 0.2) is 30.3 Å². The van der Waals surface area contributed by atoms with E-state index >= 15 is 0 Å². The third-order valence-electron chi connectivity index (χ3n) is 5.17. The van der Waals surface area contributed by atoms with Crippen LogP contribution in [0.3, 0.4) is 0 Å². The molecule has 0 radical (unpaired) electrons. The fraction of sp³-hybridized carbons (Fsp3) is 0.667. The summed E-state index contributed by atoms with van der Waals surface area (Å²) in [4.78, 5) is 2.77. The van der Waals surface area contributed by atoms with Gasteiger partial charge in [0.05, 0.1) is 0 Å². The van der Waals surface area contributed by atoms with E-state index in [-0.39, 0.29) is 0 Å². The van der Waals surface area contributed by atoms with Crippen molar-refractivity contribution in [3.05, 3.63) is 35.9 Å². The first-order valence-electron chi connectivity index (χ1n) is 8.39. The van der Waals surface area contributed by atoms with Crippen LogP contribution in [0, 0.1) is 5.92 Å². The minimum Gasteiger partial charge on any atom is -0.307 e. The Morgan fingerprint density at radius 2 is 1.90 bits per heavy atom. The van der Waals surface area contributed by atoms with Crippen molar-refractivity contribution < 1.29 is 0 Å². The van der Waals surface area contributed by atoms with Crippen molar-refractivity contribution in [2.45, 2.75) is 51.1 Å². The van der Waals surface area contributed by atoms with Gasteiger partial charge in [-0.15, -0.1) is 0 Å². The predicted octanol–water partition coefficient (Wildman–Crippen LogP) is 3.60. The van der Waals surface area contributed by atoms with Gasteiger partial charge in [0.2, 0.25) is 0 Å². The molecule has 2 heteroatoms. The van der Waals surface area contributed by atoms with Gasteiger partial charge in [-0.1, -0.05) is 50.1 Å². The maximum Gasteiger partial charge on any atom is 0.0449 e. The molecule has 1 saturated carbocycles. The summed E-state index contributed by atoms with van der Waals surface area (Å²) in [5, 5.41) is 3.75. The van der Waals surface area contributed by atoms with Crippen molar-refractivity contribution in [3.8, 4) is 0 Å². The fourth-order valence-corrected chi connectivity index (χ4v) is 3.91. The molecule has 1 N–H and O–H groups in total. The smallest absolute Gasteiger partial charge is 0.0449 e. The topological polar surface area (TPSA) is 15.3 Å². The largest absolute Gasteiger partial charge is 0.307 e. The Labute approximate surface area is 123 Å². The Morgan fingerprint density at radius 3 is 2.60 bits per heavy atom. The molecule has 20 heavy (non-hydrogen) atoms. The van der Waals surface area contributed by atoms with Crippen LogP contribution in [-0.2, 0) is 0 Å². The van der Waals surface area contributed by atoms with Gasteiger partial charge < -0.3 is 5.32 Å². The van der Waals surface area contributed by atoms with Crippen LogP contribution in [0.4, 0.5) is 0 Å². The van der Waals surface area contributed by atoms with E-state index in [1.54, 1.807) is 0 Å². The first kappa shape index (κ1) is 14.1. The van der Waals surface area contributed by atoms with E-state index in [0.717, 1.165) is 18.5 Å². The number of rotatable bonds is 4. The van der Waals surface area contributed by atoms with Gasteiger partial charge in [-0.2, -0.15) is 0 Å². The highest BCUT2D eigenvalue weighted by Crippen LogP contribution is 2.28. The molecular formula is C18H28N2. The molecule has 3 rings (SSSR count). The maximum atomic E-state index is 3.75. The fourth-order valence-electron chi connectivity index (χ4n) is 3.91. The van der Waals surface area contributed by atoms with Crippen molar-refractivity contribution >= 4 is 0 Å². The highest BCUT2D eigenvalue weighted by molar-refractivity contribution is 5.20. The van der Waals surface area contributed by atoms with Gasteiger partial charge in [-0.25, -0.2) is 0 Å². The number of hydrogen-bond donors (Lipinski definition) is 1. The second-order valence-corrected chi connectivity index (χ2v) is 6.54. The number of piperazine rings is 1. The molecule has 1 saturated heterocycles. The summed E-state index contributed by atoms with van der Waals surface area (Å²) in [6.07, 6.45) is 7.08. The molecule has 110 valence electrons. The number of benzene rings is 1.